The standard InChI is InChI=1S/3C6H15O3P.Al/c3*1-4-5-10(7,8)9-6(2)3;/h3*6H,4-5H2,1-3H3,(H,7,8);/q;;;+3/p-3. The number of hydrogen-bond acceptors (Lipinski definition) is 9. The largest absolute Gasteiger partial charge is 3.00 e. The van der Waals surface area contributed by atoms with Crippen LogP contribution in [-0.2, 0) is 27.3 Å². The zero-order valence-corrected chi connectivity index (χ0v) is 24.4. The third-order valence-corrected chi connectivity index (χ3v) is 7.82. The first-order valence-corrected chi connectivity index (χ1v) is 15.6. The maximum absolute atomic E-state index is 10.8. The van der Waals surface area contributed by atoms with Gasteiger partial charge in [0.25, 0.3) is 0 Å². The third kappa shape index (κ3) is 33.2. The molecule has 0 N–H and O–H groups in total. The summed E-state index contributed by atoms with van der Waals surface area (Å²) in [6.45, 7) is 15.7. The van der Waals surface area contributed by atoms with Crippen molar-refractivity contribution in [3.05, 3.63) is 0 Å². The molecule has 0 heterocycles. The first kappa shape index (κ1) is 39.2. The molecule has 0 saturated heterocycles. The van der Waals surface area contributed by atoms with E-state index < -0.39 is 22.8 Å². The van der Waals surface area contributed by atoms with E-state index >= 15 is 0 Å². The van der Waals surface area contributed by atoms with Gasteiger partial charge in [0, 0.05) is 18.5 Å². The molecule has 0 aromatic carbocycles. The Hall–Kier alpha value is 0.982. The molecular formula is C18H42AlO9P3. The summed E-state index contributed by atoms with van der Waals surface area (Å²) < 4.78 is 46.6. The maximum atomic E-state index is 10.8. The van der Waals surface area contributed by atoms with E-state index in [9.17, 15) is 28.4 Å². The van der Waals surface area contributed by atoms with Crippen molar-refractivity contribution in [2.45, 2.75) is 99.9 Å². The molecule has 0 spiro atoms. The third-order valence-electron chi connectivity index (χ3n) is 2.61. The van der Waals surface area contributed by atoms with E-state index in [4.69, 9.17) is 0 Å². The minimum atomic E-state index is -3.50. The van der Waals surface area contributed by atoms with Gasteiger partial charge in [0.05, 0.1) is 18.3 Å². The van der Waals surface area contributed by atoms with Crippen LogP contribution >= 0.6 is 22.8 Å². The Balaban J connectivity index is -0.000000174. The first-order chi connectivity index (χ1) is 13.4. The van der Waals surface area contributed by atoms with Crippen molar-refractivity contribution >= 4 is 40.1 Å². The van der Waals surface area contributed by atoms with Crippen molar-refractivity contribution in [2.24, 2.45) is 0 Å². The van der Waals surface area contributed by atoms with Gasteiger partial charge in [-0.15, -0.1) is 0 Å². The van der Waals surface area contributed by atoms with E-state index in [1.165, 1.54) is 0 Å². The average Bonchev–Trinajstić information content (AvgIpc) is 2.43. The van der Waals surface area contributed by atoms with Gasteiger partial charge >= 0.3 is 17.4 Å². The van der Waals surface area contributed by atoms with Gasteiger partial charge in [-0.2, -0.15) is 0 Å². The maximum Gasteiger partial charge on any atom is 3.00 e. The summed E-state index contributed by atoms with van der Waals surface area (Å²) in [5, 5.41) is 0. The van der Waals surface area contributed by atoms with Crippen molar-refractivity contribution < 1.29 is 41.9 Å². The molecule has 0 aliphatic heterocycles. The fraction of sp³-hybridized carbons (Fsp3) is 1.00. The van der Waals surface area contributed by atoms with Crippen molar-refractivity contribution in [3.8, 4) is 0 Å². The van der Waals surface area contributed by atoms with Gasteiger partial charge < -0.3 is 41.9 Å². The van der Waals surface area contributed by atoms with Crippen molar-refractivity contribution in [1.82, 2.24) is 0 Å². The molecule has 0 rings (SSSR count). The number of rotatable bonds is 12. The molecule has 3 atom stereocenters. The Kier molecular flexibility index (Phi) is 25.8. The molecule has 31 heavy (non-hydrogen) atoms. The van der Waals surface area contributed by atoms with Gasteiger partial charge in [-0.05, 0) is 60.8 Å². The fourth-order valence-corrected chi connectivity index (χ4v) is 5.83. The van der Waals surface area contributed by atoms with Crippen LogP contribution in [0.25, 0.3) is 0 Å². The minimum Gasteiger partial charge on any atom is -0.778 e. The Morgan fingerprint density at radius 2 is 0.710 bits per heavy atom. The Bertz CT molecular complexity index is 481. The molecule has 0 aromatic heterocycles. The molecule has 13 heteroatoms. The average molecular weight is 522 g/mol. The Morgan fingerprint density at radius 3 is 0.806 bits per heavy atom. The van der Waals surface area contributed by atoms with Crippen LogP contribution in [0.4, 0.5) is 0 Å². The fourth-order valence-electron chi connectivity index (χ4n) is 1.94. The molecule has 0 aliphatic rings. The molecular weight excluding hydrogens is 480 g/mol. The molecule has 0 saturated carbocycles. The van der Waals surface area contributed by atoms with Crippen LogP contribution in [0.2, 0.25) is 0 Å². The van der Waals surface area contributed by atoms with E-state index in [2.05, 4.69) is 13.6 Å². The van der Waals surface area contributed by atoms with Crippen molar-refractivity contribution in [3.63, 3.8) is 0 Å². The van der Waals surface area contributed by atoms with Gasteiger partial charge in [-0.25, -0.2) is 0 Å². The van der Waals surface area contributed by atoms with Crippen LogP contribution in [0.15, 0.2) is 0 Å². The number of hydrogen-bond donors (Lipinski definition) is 0. The second kappa shape index (κ2) is 20.4. The zero-order chi connectivity index (χ0) is 24.6. The molecule has 9 nitrogen and oxygen atoms in total. The van der Waals surface area contributed by atoms with Gasteiger partial charge in [-0.3, -0.25) is 0 Å². The van der Waals surface area contributed by atoms with Crippen LogP contribution in [0.5, 0.6) is 0 Å². The predicted octanol–water partition coefficient (Wildman–Crippen LogP) is 3.74. The molecule has 0 aliphatic carbocycles. The molecule has 0 fully saturated rings. The van der Waals surface area contributed by atoms with E-state index in [-0.39, 0.29) is 54.2 Å². The topological polar surface area (TPSA) is 148 Å². The van der Waals surface area contributed by atoms with E-state index in [1.807, 2.05) is 20.8 Å². The molecule has 0 aromatic rings. The summed E-state index contributed by atoms with van der Waals surface area (Å²) in [6.07, 6.45) is 1.61. The normalized spacial score (nSPS) is 16.7. The van der Waals surface area contributed by atoms with Crippen LogP contribution in [0, 0.1) is 0 Å². The summed E-state index contributed by atoms with van der Waals surface area (Å²) in [4.78, 5) is 32.5. The van der Waals surface area contributed by atoms with Gasteiger partial charge in [-0.1, -0.05) is 20.8 Å². The van der Waals surface area contributed by atoms with E-state index in [1.54, 1.807) is 41.5 Å². The molecule has 3 unspecified atom stereocenters. The first-order valence-electron chi connectivity index (χ1n) is 10.4. The molecule has 0 bridgehead atoms. The smallest absolute Gasteiger partial charge is 0.778 e. The van der Waals surface area contributed by atoms with Crippen LogP contribution in [0.1, 0.15) is 81.6 Å². The van der Waals surface area contributed by atoms with E-state index in [0.29, 0.717) is 19.3 Å². The van der Waals surface area contributed by atoms with Crippen LogP contribution in [-0.4, -0.2) is 54.2 Å². The quantitative estimate of drug-likeness (QED) is 0.276. The van der Waals surface area contributed by atoms with Gasteiger partial charge in [0.15, 0.2) is 0 Å². The summed E-state index contributed by atoms with van der Waals surface area (Å²) >= 11 is 0. The SMILES string of the molecule is CCCP(=O)([O-])OC(C)C.CCCP(=O)([O-])OC(C)C.CCCP(=O)([O-])OC(C)C.[Al+3]. The molecule has 186 valence electrons. The van der Waals surface area contributed by atoms with Gasteiger partial charge in [0.2, 0.25) is 0 Å². The summed E-state index contributed by atoms with van der Waals surface area (Å²) in [5.41, 5.74) is 0. The molecule has 0 radical (unpaired) electrons. The summed E-state index contributed by atoms with van der Waals surface area (Å²) in [6, 6.07) is 0. The predicted molar refractivity (Wildman–Crippen MR) is 123 cm³/mol. The second-order valence-electron chi connectivity index (χ2n) is 7.47. The minimum absolute atomic E-state index is 0. The van der Waals surface area contributed by atoms with Gasteiger partial charge in [0.1, 0.15) is 22.8 Å². The van der Waals surface area contributed by atoms with Crippen LogP contribution < -0.4 is 14.7 Å². The van der Waals surface area contributed by atoms with E-state index in [0.717, 1.165) is 0 Å². The molecule has 0 amide bonds. The van der Waals surface area contributed by atoms with Crippen molar-refractivity contribution in [2.75, 3.05) is 18.5 Å². The Labute approximate surface area is 200 Å². The van der Waals surface area contributed by atoms with Crippen molar-refractivity contribution in [1.29, 1.82) is 0 Å². The summed E-state index contributed by atoms with van der Waals surface area (Å²) in [7, 11) is -10.5. The summed E-state index contributed by atoms with van der Waals surface area (Å²) in [5.74, 6) is 0. The van der Waals surface area contributed by atoms with Crippen LogP contribution in [0.3, 0.4) is 0 Å². The zero-order valence-electron chi connectivity index (χ0n) is 20.6. The second-order valence-corrected chi connectivity index (χ2v) is 13.1. The monoisotopic (exact) mass is 522 g/mol. The Morgan fingerprint density at radius 1 is 0.548 bits per heavy atom.